The van der Waals surface area contributed by atoms with Crippen LogP contribution in [0.15, 0.2) is 59.3 Å². The number of carbonyl (C=O) groups is 1. The van der Waals surface area contributed by atoms with E-state index in [1.54, 1.807) is 24.3 Å². The highest BCUT2D eigenvalue weighted by Crippen LogP contribution is 2.31. The summed E-state index contributed by atoms with van der Waals surface area (Å²) >= 11 is 0. The average Bonchev–Trinajstić information content (AvgIpc) is 3.24. The first-order chi connectivity index (χ1) is 13.3. The van der Waals surface area contributed by atoms with Crippen molar-refractivity contribution in [2.75, 3.05) is 26.7 Å². The SMILES string of the molecule is COc1ccccc1C1CNCCN1C(=O)c1cc(-c2ccccn2)no1.Cl.Cl. The summed E-state index contributed by atoms with van der Waals surface area (Å²) in [6.07, 6.45) is 1.68. The normalized spacial score (nSPS) is 15.8. The lowest BCUT2D eigenvalue weighted by molar-refractivity contribution is 0.0589. The molecule has 1 amide bonds. The zero-order chi connectivity index (χ0) is 18.6. The van der Waals surface area contributed by atoms with Crippen LogP contribution in [0, 0.1) is 0 Å². The Morgan fingerprint density at radius 1 is 1.17 bits per heavy atom. The molecular weight excluding hydrogens is 415 g/mol. The van der Waals surface area contributed by atoms with Gasteiger partial charge < -0.3 is 19.5 Å². The molecule has 1 fully saturated rings. The first-order valence-electron chi connectivity index (χ1n) is 8.80. The number of benzene rings is 1. The van der Waals surface area contributed by atoms with Gasteiger partial charge in [-0.15, -0.1) is 24.8 Å². The molecule has 1 aliphatic heterocycles. The lowest BCUT2D eigenvalue weighted by Gasteiger charge is -2.36. The van der Waals surface area contributed by atoms with Gasteiger partial charge in [-0.1, -0.05) is 29.4 Å². The van der Waals surface area contributed by atoms with Gasteiger partial charge in [0, 0.05) is 37.5 Å². The number of nitrogens with zero attached hydrogens (tertiary/aromatic N) is 3. The molecule has 7 nitrogen and oxygen atoms in total. The third kappa shape index (κ3) is 4.70. The predicted molar refractivity (Wildman–Crippen MR) is 114 cm³/mol. The maximum Gasteiger partial charge on any atom is 0.293 e. The molecule has 1 unspecified atom stereocenters. The molecule has 0 spiro atoms. The number of nitrogens with one attached hydrogen (secondary N) is 1. The second kappa shape index (κ2) is 10.2. The number of rotatable bonds is 4. The van der Waals surface area contributed by atoms with Crippen LogP contribution >= 0.6 is 24.8 Å². The van der Waals surface area contributed by atoms with Crippen LogP contribution in [-0.4, -0.2) is 47.7 Å². The van der Waals surface area contributed by atoms with Crippen LogP contribution in [0.3, 0.4) is 0 Å². The standard InChI is InChI=1S/C20H20N4O3.2ClH/c1-26-18-8-3-2-6-14(18)17-13-21-10-11-24(17)20(25)19-12-16(23-27-19)15-7-4-5-9-22-15;;/h2-9,12,17,21H,10-11,13H2,1H3;2*1H. The molecule has 0 bridgehead atoms. The van der Waals surface area contributed by atoms with E-state index in [9.17, 15) is 4.79 Å². The summed E-state index contributed by atoms with van der Waals surface area (Å²) in [6.45, 7) is 1.94. The van der Waals surface area contributed by atoms with Gasteiger partial charge in [0.15, 0.2) is 0 Å². The third-order valence-electron chi connectivity index (χ3n) is 4.65. The average molecular weight is 437 g/mol. The van der Waals surface area contributed by atoms with Gasteiger partial charge in [0.25, 0.3) is 5.91 Å². The van der Waals surface area contributed by atoms with E-state index >= 15 is 0 Å². The number of para-hydroxylation sites is 1. The van der Waals surface area contributed by atoms with Crippen molar-refractivity contribution in [3.63, 3.8) is 0 Å². The predicted octanol–water partition coefficient (Wildman–Crippen LogP) is 3.38. The van der Waals surface area contributed by atoms with E-state index < -0.39 is 0 Å². The monoisotopic (exact) mass is 436 g/mol. The molecule has 154 valence electrons. The number of aromatic nitrogens is 2. The van der Waals surface area contributed by atoms with E-state index in [2.05, 4.69) is 15.5 Å². The van der Waals surface area contributed by atoms with Gasteiger partial charge in [0.05, 0.1) is 18.8 Å². The lowest BCUT2D eigenvalue weighted by atomic mass is 10.0. The first-order valence-corrected chi connectivity index (χ1v) is 8.80. The summed E-state index contributed by atoms with van der Waals surface area (Å²) in [5, 5.41) is 7.35. The van der Waals surface area contributed by atoms with Crippen LogP contribution in [0.2, 0.25) is 0 Å². The minimum absolute atomic E-state index is 0. The van der Waals surface area contributed by atoms with Crippen molar-refractivity contribution in [2.45, 2.75) is 6.04 Å². The van der Waals surface area contributed by atoms with E-state index in [1.165, 1.54) is 0 Å². The van der Waals surface area contributed by atoms with Crippen molar-refractivity contribution >= 4 is 30.7 Å². The highest BCUT2D eigenvalue weighted by molar-refractivity contribution is 5.92. The third-order valence-corrected chi connectivity index (χ3v) is 4.65. The molecule has 1 saturated heterocycles. The quantitative estimate of drug-likeness (QED) is 0.674. The first kappa shape index (κ1) is 22.7. The number of hydrogen-bond donors (Lipinski definition) is 1. The summed E-state index contributed by atoms with van der Waals surface area (Å²) in [5.41, 5.74) is 2.18. The fourth-order valence-corrected chi connectivity index (χ4v) is 3.32. The second-order valence-corrected chi connectivity index (χ2v) is 6.25. The van der Waals surface area contributed by atoms with E-state index in [-0.39, 0.29) is 42.5 Å². The molecule has 1 atom stereocenters. The fourth-order valence-electron chi connectivity index (χ4n) is 3.32. The Morgan fingerprint density at radius 2 is 1.97 bits per heavy atom. The van der Waals surface area contributed by atoms with Gasteiger partial charge in [-0.2, -0.15) is 0 Å². The Bertz CT molecular complexity index is 936. The van der Waals surface area contributed by atoms with Crippen molar-refractivity contribution in [1.82, 2.24) is 20.4 Å². The molecule has 0 saturated carbocycles. The summed E-state index contributed by atoms with van der Waals surface area (Å²) in [4.78, 5) is 19.2. The van der Waals surface area contributed by atoms with E-state index in [1.807, 2.05) is 42.5 Å². The Labute approximate surface area is 181 Å². The highest BCUT2D eigenvalue weighted by atomic mass is 35.5. The van der Waals surface area contributed by atoms with Crippen molar-refractivity contribution in [3.05, 3.63) is 66.1 Å². The van der Waals surface area contributed by atoms with Crippen LogP contribution in [-0.2, 0) is 0 Å². The molecule has 4 rings (SSSR count). The van der Waals surface area contributed by atoms with Crippen molar-refractivity contribution in [1.29, 1.82) is 0 Å². The number of halogens is 2. The van der Waals surface area contributed by atoms with Crippen LogP contribution in [0.25, 0.3) is 11.4 Å². The van der Waals surface area contributed by atoms with Crippen LogP contribution < -0.4 is 10.1 Å². The minimum atomic E-state index is -0.193. The maximum absolute atomic E-state index is 13.1. The molecule has 2 aromatic heterocycles. The summed E-state index contributed by atoms with van der Waals surface area (Å²) in [6, 6.07) is 14.8. The molecule has 1 N–H and O–H groups in total. The van der Waals surface area contributed by atoms with Gasteiger partial charge in [-0.05, 0) is 18.2 Å². The number of hydrogen-bond acceptors (Lipinski definition) is 6. The van der Waals surface area contributed by atoms with Crippen molar-refractivity contribution < 1.29 is 14.1 Å². The number of carbonyl (C=O) groups excluding carboxylic acids is 1. The van der Waals surface area contributed by atoms with Gasteiger partial charge in [-0.3, -0.25) is 9.78 Å². The molecule has 1 aliphatic rings. The molecule has 9 heteroatoms. The molecule has 29 heavy (non-hydrogen) atoms. The smallest absolute Gasteiger partial charge is 0.293 e. The summed E-state index contributed by atoms with van der Waals surface area (Å²) in [5.74, 6) is 0.773. The van der Waals surface area contributed by atoms with E-state index in [0.29, 0.717) is 24.5 Å². The van der Waals surface area contributed by atoms with Crippen molar-refractivity contribution in [2.24, 2.45) is 0 Å². The summed E-state index contributed by atoms with van der Waals surface area (Å²) in [7, 11) is 1.64. The largest absolute Gasteiger partial charge is 0.496 e. The van der Waals surface area contributed by atoms with Crippen LogP contribution in [0.5, 0.6) is 5.75 Å². The molecule has 3 aromatic rings. The second-order valence-electron chi connectivity index (χ2n) is 6.25. The van der Waals surface area contributed by atoms with Crippen LogP contribution in [0.4, 0.5) is 0 Å². The number of methoxy groups -OCH3 is 1. The Hall–Kier alpha value is -2.61. The van der Waals surface area contributed by atoms with Gasteiger partial charge in [-0.25, -0.2) is 0 Å². The van der Waals surface area contributed by atoms with Gasteiger partial charge >= 0.3 is 0 Å². The number of pyridine rings is 1. The molecule has 1 aromatic carbocycles. The topological polar surface area (TPSA) is 80.5 Å². The molecule has 0 radical (unpaired) electrons. The Kier molecular flexibility index (Phi) is 8.01. The van der Waals surface area contributed by atoms with E-state index in [4.69, 9.17) is 9.26 Å². The zero-order valence-corrected chi connectivity index (χ0v) is 17.4. The Balaban J connectivity index is 0.00000150. The number of ether oxygens (including phenoxy) is 1. The van der Waals surface area contributed by atoms with Crippen molar-refractivity contribution in [3.8, 4) is 17.1 Å². The zero-order valence-electron chi connectivity index (χ0n) is 15.8. The number of piperazine rings is 1. The van der Waals surface area contributed by atoms with Gasteiger partial charge in [0.1, 0.15) is 11.4 Å². The lowest BCUT2D eigenvalue weighted by Crippen LogP contribution is -2.48. The highest BCUT2D eigenvalue weighted by Gasteiger charge is 2.32. The molecule has 3 heterocycles. The summed E-state index contributed by atoms with van der Waals surface area (Å²) < 4.78 is 10.8. The molecule has 0 aliphatic carbocycles. The van der Waals surface area contributed by atoms with Crippen LogP contribution in [0.1, 0.15) is 22.2 Å². The number of amides is 1. The van der Waals surface area contributed by atoms with E-state index in [0.717, 1.165) is 17.9 Å². The van der Waals surface area contributed by atoms with Gasteiger partial charge in [0.2, 0.25) is 5.76 Å². The Morgan fingerprint density at radius 3 is 2.72 bits per heavy atom. The maximum atomic E-state index is 13.1. The fraction of sp³-hybridized carbons (Fsp3) is 0.250. The molecular formula is C20H22Cl2N4O3. The minimum Gasteiger partial charge on any atom is -0.496 e.